The highest BCUT2D eigenvalue weighted by Crippen LogP contribution is 2.17. The SMILES string of the molecule is CCC(C)[C@H](N)C(=O)NC(C)c1ccccc1C. The molecule has 0 aromatic heterocycles. The van der Waals surface area contributed by atoms with Gasteiger partial charge in [0.1, 0.15) is 0 Å². The molecule has 0 aliphatic rings. The number of aryl methyl sites for hydroxylation is 1. The van der Waals surface area contributed by atoms with E-state index in [4.69, 9.17) is 5.73 Å². The number of hydrogen-bond donors (Lipinski definition) is 2. The zero-order chi connectivity index (χ0) is 13.7. The van der Waals surface area contributed by atoms with Crippen LogP contribution in [-0.2, 0) is 4.79 Å². The highest BCUT2D eigenvalue weighted by atomic mass is 16.2. The molecule has 0 spiro atoms. The van der Waals surface area contributed by atoms with Gasteiger partial charge in [0.05, 0.1) is 12.1 Å². The van der Waals surface area contributed by atoms with Crippen molar-refractivity contribution in [3.05, 3.63) is 35.4 Å². The minimum atomic E-state index is -0.429. The third-order valence-corrected chi connectivity index (χ3v) is 3.57. The molecule has 0 aliphatic heterocycles. The van der Waals surface area contributed by atoms with Crippen LogP contribution in [0.4, 0.5) is 0 Å². The summed E-state index contributed by atoms with van der Waals surface area (Å²) in [6.07, 6.45) is 0.910. The van der Waals surface area contributed by atoms with Gasteiger partial charge in [0.2, 0.25) is 5.91 Å². The van der Waals surface area contributed by atoms with Crippen molar-refractivity contribution in [2.24, 2.45) is 11.7 Å². The standard InChI is InChI=1S/C15H24N2O/c1-5-10(2)14(16)15(18)17-12(4)13-9-7-6-8-11(13)3/h6-10,12,14H,5,16H2,1-4H3,(H,17,18)/t10?,12?,14-/m0/s1. The molecule has 3 N–H and O–H groups in total. The highest BCUT2D eigenvalue weighted by molar-refractivity contribution is 5.82. The van der Waals surface area contributed by atoms with E-state index >= 15 is 0 Å². The largest absolute Gasteiger partial charge is 0.348 e. The van der Waals surface area contributed by atoms with E-state index in [0.717, 1.165) is 12.0 Å². The molecule has 1 amide bonds. The first kappa shape index (κ1) is 14.7. The zero-order valence-electron chi connectivity index (χ0n) is 11.7. The molecular weight excluding hydrogens is 224 g/mol. The summed E-state index contributed by atoms with van der Waals surface area (Å²) in [4.78, 5) is 12.0. The number of hydrogen-bond acceptors (Lipinski definition) is 2. The van der Waals surface area contributed by atoms with Gasteiger partial charge in [-0.3, -0.25) is 4.79 Å². The van der Waals surface area contributed by atoms with Gasteiger partial charge in [0.15, 0.2) is 0 Å². The highest BCUT2D eigenvalue weighted by Gasteiger charge is 2.21. The number of benzene rings is 1. The molecule has 18 heavy (non-hydrogen) atoms. The predicted octanol–water partition coefficient (Wildman–Crippen LogP) is 2.55. The maximum atomic E-state index is 12.0. The number of carbonyl (C=O) groups excluding carboxylic acids is 1. The van der Waals surface area contributed by atoms with E-state index < -0.39 is 6.04 Å². The van der Waals surface area contributed by atoms with Gasteiger partial charge in [0.25, 0.3) is 0 Å². The Morgan fingerprint density at radius 3 is 2.50 bits per heavy atom. The van der Waals surface area contributed by atoms with Gasteiger partial charge >= 0.3 is 0 Å². The Labute approximate surface area is 110 Å². The first-order valence-corrected chi connectivity index (χ1v) is 6.58. The monoisotopic (exact) mass is 248 g/mol. The maximum absolute atomic E-state index is 12.0. The number of amides is 1. The predicted molar refractivity (Wildman–Crippen MR) is 75.2 cm³/mol. The summed E-state index contributed by atoms with van der Waals surface area (Å²) < 4.78 is 0. The summed E-state index contributed by atoms with van der Waals surface area (Å²) in [6, 6.07) is 7.63. The van der Waals surface area contributed by atoms with Crippen molar-refractivity contribution in [1.29, 1.82) is 0 Å². The summed E-state index contributed by atoms with van der Waals surface area (Å²) in [5, 5.41) is 2.99. The molecule has 1 aromatic rings. The number of nitrogens with two attached hydrogens (primary N) is 1. The molecule has 0 fully saturated rings. The lowest BCUT2D eigenvalue weighted by Crippen LogP contribution is -2.45. The van der Waals surface area contributed by atoms with E-state index in [9.17, 15) is 4.79 Å². The average Bonchev–Trinajstić information content (AvgIpc) is 2.37. The Bertz CT molecular complexity index is 403. The lowest BCUT2D eigenvalue weighted by molar-refractivity contribution is -0.124. The van der Waals surface area contributed by atoms with Crippen LogP contribution in [0.15, 0.2) is 24.3 Å². The van der Waals surface area contributed by atoms with Crippen LogP contribution in [0.5, 0.6) is 0 Å². The minimum Gasteiger partial charge on any atom is -0.348 e. The molecule has 0 bridgehead atoms. The van der Waals surface area contributed by atoms with Crippen molar-refractivity contribution in [2.45, 2.75) is 46.2 Å². The molecule has 3 atom stereocenters. The first-order valence-electron chi connectivity index (χ1n) is 6.58. The molecule has 0 heterocycles. The van der Waals surface area contributed by atoms with E-state index in [1.807, 2.05) is 52.0 Å². The molecule has 1 rings (SSSR count). The third-order valence-electron chi connectivity index (χ3n) is 3.57. The second-order valence-electron chi connectivity index (χ2n) is 5.00. The van der Waals surface area contributed by atoms with Gasteiger partial charge in [-0.25, -0.2) is 0 Å². The average molecular weight is 248 g/mol. The number of rotatable bonds is 5. The number of nitrogens with one attached hydrogen (secondary N) is 1. The smallest absolute Gasteiger partial charge is 0.237 e. The second kappa shape index (κ2) is 6.55. The van der Waals surface area contributed by atoms with Gasteiger partial charge < -0.3 is 11.1 Å². The van der Waals surface area contributed by atoms with Crippen LogP contribution in [-0.4, -0.2) is 11.9 Å². The summed E-state index contributed by atoms with van der Waals surface area (Å²) in [5.41, 5.74) is 8.25. The Kier molecular flexibility index (Phi) is 5.35. The summed E-state index contributed by atoms with van der Waals surface area (Å²) in [7, 11) is 0. The third kappa shape index (κ3) is 3.57. The van der Waals surface area contributed by atoms with E-state index in [0.29, 0.717) is 0 Å². The fourth-order valence-electron chi connectivity index (χ4n) is 1.97. The van der Waals surface area contributed by atoms with Crippen molar-refractivity contribution in [1.82, 2.24) is 5.32 Å². The van der Waals surface area contributed by atoms with Gasteiger partial charge in [0, 0.05) is 0 Å². The molecule has 0 aliphatic carbocycles. The topological polar surface area (TPSA) is 55.1 Å². The molecule has 0 radical (unpaired) electrons. The van der Waals surface area contributed by atoms with Crippen molar-refractivity contribution in [3.63, 3.8) is 0 Å². The van der Waals surface area contributed by atoms with Gasteiger partial charge in [-0.15, -0.1) is 0 Å². The first-order chi connectivity index (χ1) is 8.47. The molecule has 100 valence electrons. The molecule has 0 saturated heterocycles. The van der Waals surface area contributed by atoms with E-state index in [-0.39, 0.29) is 17.9 Å². The lowest BCUT2D eigenvalue weighted by Gasteiger charge is -2.22. The van der Waals surface area contributed by atoms with Crippen molar-refractivity contribution in [2.75, 3.05) is 0 Å². The minimum absolute atomic E-state index is 0.00574. The summed E-state index contributed by atoms with van der Waals surface area (Å²) in [6.45, 7) is 8.08. The van der Waals surface area contributed by atoms with Crippen LogP contribution in [0.1, 0.15) is 44.4 Å². The zero-order valence-corrected chi connectivity index (χ0v) is 11.7. The van der Waals surface area contributed by atoms with Crippen molar-refractivity contribution in [3.8, 4) is 0 Å². The van der Waals surface area contributed by atoms with Gasteiger partial charge in [-0.1, -0.05) is 44.5 Å². The van der Waals surface area contributed by atoms with Crippen LogP contribution in [0.2, 0.25) is 0 Å². The lowest BCUT2D eigenvalue weighted by atomic mass is 9.98. The molecule has 3 nitrogen and oxygen atoms in total. The normalized spacial score (nSPS) is 15.8. The Hall–Kier alpha value is -1.35. The van der Waals surface area contributed by atoms with Gasteiger partial charge in [-0.05, 0) is 30.9 Å². The van der Waals surface area contributed by atoms with Crippen LogP contribution in [0.25, 0.3) is 0 Å². The van der Waals surface area contributed by atoms with Crippen molar-refractivity contribution < 1.29 is 4.79 Å². The number of carbonyl (C=O) groups is 1. The second-order valence-corrected chi connectivity index (χ2v) is 5.00. The van der Waals surface area contributed by atoms with E-state index in [2.05, 4.69) is 5.32 Å². The van der Waals surface area contributed by atoms with E-state index in [1.165, 1.54) is 5.56 Å². The quantitative estimate of drug-likeness (QED) is 0.841. The fraction of sp³-hybridized carbons (Fsp3) is 0.533. The maximum Gasteiger partial charge on any atom is 0.237 e. The molecule has 3 heteroatoms. The summed E-state index contributed by atoms with van der Waals surface area (Å²) in [5.74, 6) is 0.133. The molecule has 1 aromatic carbocycles. The van der Waals surface area contributed by atoms with Crippen LogP contribution in [0.3, 0.4) is 0 Å². The van der Waals surface area contributed by atoms with E-state index in [1.54, 1.807) is 0 Å². The Balaban J connectivity index is 2.68. The van der Waals surface area contributed by atoms with Crippen LogP contribution < -0.4 is 11.1 Å². The fourth-order valence-corrected chi connectivity index (χ4v) is 1.97. The van der Waals surface area contributed by atoms with Crippen molar-refractivity contribution >= 4 is 5.91 Å². The van der Waals surface area contributed by atoms with Crippen LogP contribution in [0, 0.1) is 12.8 Å². The Morgan fingerprint density at radius 2 is 1.94 bits per heavy atom. The van der Waals surface area contributed by atoms with Gasteiger partial charge in [-0.2, -0.15) is 0 Å². The molecule has 0 saturated carbocycles. The molecular formula is C15H24N2O. The van der Waals surface area contributed by atoms with Crippen LogP contribution >= 0.6 is 0 Å². The summed E-state index contributed by atoms with van der Waals surface area (Å²) >= 11 is 0. The molecule has 2 unspecified atom stereocenters. The Morgan fingerprint density at radius 1 is 1.33 bits per heavy atom.